The van der Waals surface area contributed by atoms with E-state index >= 15 is 0 Å². The van der Waals surface area contributed by atoms with Gasteiger partial charge in [0.2, 0.25) is 0 Å². The first-order chi connectivity index (χ1) is 7.79. The lowest BCUT2D eigenvalue weighted by Gasteiger charge is -2.34. The maximum Gasteiger partial charge on any atom is 0.107 e. The molecule has 90 valence electrons. The van der Waals surface area contributed by atoms with E-state index in [4.69, 9.17) is 4.74 Å². The quantitative estimate of drug-likeness (QED) is 0.849. The fourth-order valence-electron chi connectivity index (χ4n) is 1.97. The normalized spacial score (nSPS) is 22.5. The van der Waals surface area contributed by atoms with Gasteiger partial charge < -0.3 is 10.1 Å². The third-order valence-corrected chi connectivity index (χ3v) is 3.75. The molecule has 1 atom stereocenters. The molecule has 2 rings (SSSR count). The lowest BCUT2D eigenvalue weighted by atomic mass is 10.2. The van der Waals surface area contributed by atoms with Crippen molar-refractivity contribution in [1.29, 1.82) is 0 Å². The monoisotopic (exact) mass is 241 g/mol. The maximum absolute atomic E-state index is 5.51. The molecule has 1 aliphatic rings. The van der Waals surface area contributed by atoms with E-state index in [2.05, 4.69) is 20.6 Å². The highest BCUT2D eigenvalue weighted by molar-refractivity contribution is 7.09. The standard InChI is InChI=1S/C11H19N3OS/c1-9-8-16-11(13-9)6-14-3-4-15-7-10(14)5-12-2/h8,10,12H,3-7H2,1-2H3. The molecule has 1 fully saturated rings. The predicted octanol–water partition coefficient (Wildman–Crippen LogP) is 0.872. The van der Waals surface area contributed by atoms with Crippen LogP contribution in [0.5, 0.6) is 0 Å². The van der Waals surface area contributed by atoms with Gasteiger partial charge in [-0.25, -0.2) is 4.98 Å². The Labute approximate surface area is 101 Å². The number of hydrogen-bond acceptors (Lipinski definition) is 5. The largest absolute Gasteiger partial charge is 0.378 e. The number of rotatable bonds is 4. The maximum atomic E-state index is 5.51. The Morgan fingerprint density at radius 3 is 3.25 bits per heavy atom. The summed E-state index contributed by atoms with van der Waals surface area (Å²) in [5.74, 6) is 0. The van der Waals surface area contributed by atoms with Gasteiger partial charge in [-0.1, -0.05) is 0 Å². The number of nitrogens with one attached hydrogen (secondary N) is 1. The highest BCUT2D eigenvalue weighted by atomic mass is 32.1. The first kappa shape index (κ1) is 12.0. The summed E-state index contributed by atoms with van der Waals surface area (Å²) >= 11 is 1.75. The van der Waals surface area contributed by atoms with Gasteiger partial charge in [-0.15, -0.1) is 11.3 Å². The third-order valence-electron chi connectivity index (χ3n) is 2.79. The predicted molar refractivity (Wildman–Crippen MR) is 65.8 cm³/mol. The van der Waals surface area contributed by atoms with Gasteiger partial charge in [0.05, 0.1) is 19.8 Å². The van der Waals surface area contributed by atoms with Crippen molar-refractivity contribution in [3.8, 4) is 0 Å². The second kappa shape index (κ2) is 5.72. The SMILES string of the molecule is CNCC1COCCN1Cc1nc(C)cs1. The van der Waals surface area contributed by atoms with Crippen LogP contribution >= 0.6 is 11.3 Å². The number of aromatic nitrogens is 1. The van der Waals surface area contributed by atoms with Gasteiger partial charge in [-0.2, -0.15) is 0 Å². The van der Waals surface area contributed by atoms with Crippen LogP contribution in [0.4, 0.5) is 0 Å². The van der Waals surface area contributed by atoms with E-state index in [1.807, 2.05) is 14.0 Å². The minimum Gasteiger partial charge on any atom is -0.378 e. The van der Waals surface area contributed by atoms with E-state index < -0.39 is 0 Å². The number of thiazole rings is 1. The Morgan fingerprint density at radius 1 is 1.69 bits per heavy atom. The van der Waals surface area contributed by atoms with Crippen LogP contribution in [0.15, 0.2) is 5.38 Å². The summed E-state index contributed by atoms with van der Waals surface area (Å²) in [5.41, 5.74) is 1.12. The van der Waals surface area contributed by atoms with Gasteiger partial charge in [0, 0.05) is 30.2 Å². The Morgan fingerprint density at radius 2 is 2.56 bits per heavy atom. The number of morpholine rings is 1. The molecule has 0 aromatic carbocycles. The van der Waals surface area contributed by atoms with Crippen molar-refractivity contribution in [2.45, 2.75) is 19.5 Å². The van der Waals surface area contributed by atoms with E-state index in [1.54, 1.807) is 11.3 Å². The molecule has 5 heteroatoms. The van der Waals surface area contributed by atoms with E-state index in [-0.39, 0.29) is 0 Å². The lowest BCUT2D eigenvalue weighted by molar-refractivity contribution is -0.0103. The highest BCUT2D eigenvalue weighted by Gasteiger charge is 2.22. The van der Waals surface area contributed by atoms with Crippen LogP contribution in [0.2, 0.25) is 0 Å². The summed E-state index contributed by atoms with van der Waals surface area (Å²) in [6.07, 6.45) is 0. The van der Waals surface area contributed by atoms with E-state index in [9.17, 15) is 0 Å². The second-order valence-electron chi connectivity index (χ2n) is 4.14. The molecule has 0 radical (unpaired) electrons. The summed E-state index contributed by atoms with van der Waals surface area (Å²) < 4.78 is 5.51. The molecule has 1 saturated heterocycles. The molecule has 0 spiro atoms. The summed E-state index contributed by atoms with van der Waals surface area (Å²) in [5, 5.41) is 6.54. The molecule has 2 heterocycles. The van der Waals surface area contributed by atoms with Crippen LogP contribution in [-0.4, -0.2) is 49.3 Å². The Kier molecular flexibility index (Phi) is 4.29. The minimum absolute atomic E-state index is 0.475. The van der Waals surface area contributed by atoms with Crippen LogP contribution in [-0.2, 0) is 11.3 Å². The molecule has 0 aliphatic carbocycles. The molecule has 1 aromatic heterocycles. The molecule has 0 saturated carbocycles. The van der Waals surface area contributed by atoms with Gasteiger partial charge in [0.25, 0.3) is 0 Å². The summed E-state index contributed by atoms with van der Waals surface area (Å²) in [4.78, 5) is 6.97. The molecule has 1 aromatic rings. The van der Waals surface area contributed by atoms with E-state index in [0.717, 1.165) is 38.5 Å². The van der Waals surface area contributed by atoms with Crippen LogP contribution in [0, 0.1) is 6.92 Å². The number of ether oxygens (including phenoxy) is 1. The lowest BCUT2D eigenvalue weighted by Crippen LogP contribution is -2.49. The number of hydrogen-bond donors (Lipinski definition) is 1. The highest BCUT2D eigenvalue weighted by Crippen LogP contribution is 2.15. The van der Waals surface area contributed by atoms with Crippen molar-refractivity contribution < 1.29 is 4.74 Å². The van der Waals surface area contributed by atoms with Crippen molar-refractivity contribution >= 4 is 11.3 Å². The van der Waals surface area contributed by atoms with E-state index in [0.29, 0.717) is 6.04 Å². The number of nitrogens with zero attached hydrogens (tertiary/aromatic N) is 2. The van der Waals surface area contributed by atoms with Gasteiger partial charge in [0.15, 0.2) is 0 Å². The zero-order valence-electron chi connectivity index (χ0n) is 9.90. The first-order valence-corrected chi connectivity index (χ1v) is 6.55. The average molecular weight is 241 g/mol. The Balaban J connectivity index is 1.95. The fraction of sp³-hybridized carbons (Fsp3) is 0.727. The summed E-state index contributed by atoms with van der Waals surface area (Å²) in [7, 11) is 1.99. The number of aryl methyl sites for hydroxylation is 1. The van der Waals surface area contributed by atoms with Crippen LogP contribution < -0.4 is 5.32 Å². The molecule has 16 heavy (non-hydrogen) atoms. The first-order valence-electron chi connectivity index (χ1n) is 5.67. The third kappa shape index (κ3) is 3.01. The molecular formula is C11H19N3OS. The van der Waals surface area contributed by atoms with Crippen molar-refractivity contribution in [2.24, 2.45) is 0 Å². The zero-order valence-corrected chi connectivity index (χ0v) is 10.7. The molecule has 0 amide bonds. The van der Waals surface area contributed by atoms with Crippen LogP contribution in [0.3, 0.4) is 0 Å². The topological polar surface area (TPSA) is 37.4 Å². The van der Waals surface area contributed by atoms with Crippen molar-refractivity contribution in [2.75, 3.05) is 33.4 Å². The zero-order chi connectivity index (χ0) is 11.4. The minimum atomic E-state index is 0.475. The Hall–Kier alpha value is -0.490. The molecule has 0 bridgehead atoms. The fourth-order valence-corrected chi connectivity index (χ4v) is 2.77. The molecule has 1 aliphatic heterocycles. The molecular weight excluding hydrogens is 222 g/mol. The van der Waals surface area contributed by atoms with Gasteiger partial charge >= 0.3 is 0 Å². The van der Waals surface area contributed by atoms with Gasteiger partial charge in [0.1, 0.15) is 5.01 Å². The van der Waals surface area contributed by atoms with E-state index in [1.165, 1.54) is 5.01 Å². The van der Waals surface area contributed by atoms with Crippen LogP contribution in [0.1, 0.15) is 10.7 Å². The second-order valence-corrected chi connectivity index (χ2v) is 5.08. The number of likely N-dealkylation sites (N-methyl/N-ethyl adjacent to an activating group) is 1. The summed E-state index contributed by atoms with van der Waals surface area (Å²) in [6.45, 7) is 6.64. The van der Waals surface area contributed by atoms with Gasteiger partial charge in [-0.05, 0) is 14.0 Å². The molecule has 1 N–H and O–H groups in total. The van der Waals surface area contributed by atoms with Gasteiger partial charge in [-0.3, -0.25) is 4.90 Å². The smallest absolute Gasteiger partial charge is 0.107 e. The van der Waals surface area contributed by atoms with Crippen molar-refractivity contribution in [1.82, 2.24) is 15.2 Å². The van der Waals surface area contributed by atoms with Crippen molar-refractivity contribution in [3.05, 3.63) is 16.1 Å². The molecule has 4 nitrogen and oxygen atoms in total. The molecule has 1 unspecified atom stereocenters. The average Bonchev–Trinajstić information content (AvgIpc) is 2.67. The Bertz CT molecular complexity index is 327. The van der Waals surface area contributed by atoms with Crippen LogP contribution in [0.25, 0.3) is 0 Å². The van der Waals surface area contributed by atoms with Crippen molar-refractivity contribution in [3.63, 3.8) is 0 Å². The summed E-state index contributed by atoms with van der Waals surface area (Å²) in [6, 6.07) is 0.475.